The van der Waals surface area contributed by atoms with Crippen molar-refractivity contribution in [2.75, 3.05) is 11.6 Å². The van der Waals surface area contributed by atoms with Crippen LogP contribution in [-0.4, -0.2) is 35.7 Å². The maximum Gasteiger partial charge on any atom is 0.177 e. The zero-order valence-corrected chi connectivity index (χ0v) is 18.2. The predicted molar refractivity (Wildman–Crippen MR) is 121 cm³/mol. The molecule has 0 saturated carbocycles. The molecule has 8 heteroatoms. The van der Waals surface area contributed by atoms with Crippen molar-refractivity contribution in [1.82, 2.24) is 15.0 Å². The Morgan fingerprint density at radius 2 is 1.81 bits per heavy atom. The van der Waals surface area contributed by atoms with Crippen LogP contribution in [0.5, 0.6) is 5.75 Å². The molecule has 158 valence electrons. The van der Waals surface area contributed by atoms with E-state index < -0.39 is 9.84 Å². The van der Waals surface area contributed by atoms with Crippen molar-refractivity contribution in [2.45, 2.75) is 24.8 Å². The summed E-state index contributed by atoms with van der Waals surface area (Å²) in [5, 5.41) is 3.19. The van der Waals surface area contributed by atoms with E-state index in [1.807, 2.05) is 50.2 Å². The first-order valence-electron chi connectivity index (χ1n) is 9.74. The highest BCUT2D eigenvalue weighted by Crippen LogP contribution is 2.34. The van der Waals surface area contributed by atoms with Crippen molar-refractivity contribution in [3.63, 3.8) is 0 Å². The molecule has 31 heavy (non-hydrogen) atoms. The van der Waals surface area contributed by atoms with Crippen molar-refractivity contribution in [3.05, 3.63) is 67.3 Å². The molecule has 2 aromatic heterocycles. The second-order valence-corrected chi connectivity index (χ2v) is 9.40. The van der Waals surface area contributed by atoms with Gasteiger partial charge in [0.15, 0.2) is 9.84 Å². The summed E-state index contributed by atoms with van der Waals surface area (Å²) in [5.41, 5.74) is 4.27. The maximum absolute atomic E-state index is 12.2. The van der Waals surface area contributed by atoms with Gasteiger partial charge >= 0.3 is 0 Å². The van der Waals surface area contributed by atoms with E-state index in [0.29, 0.717) is 16.9 Å². The molecule has 0 bridgehead atoms. The van der Waals surface area contributed by atoms with Crippen LogP contribution < -0.4 is 10.1 Å². The topological polar surface area (TPSA) is 94.1 Å². The minimum atomic E-state index is -3.42. The molecule has 0 atom stereocenters. The summed E-state index contributed by atoms with van der Waals surface area (Å²) in [5.74, 6) is 0.759. The number of anilines is 2. The Hall–Kier alpha value is -3.52. The SMILES string of the molecule is CC(C)Oc1cccc(-c2cc(Nc3cnccc3S(C)(=O)=O)cc3nccnc23)c1. The number of benzene rings is 2. The maximum atomic E-state index is 12.2. The number of nitrogens with one attached hydrogen (secondary N) is 1. The minimum Gasteiger partial charge on any atom is -0.491 e. The van der Waals surface area contributed by atoms with Gasteiger partial charge in [-0.05, 0) is 49.7 Å². The lowest BCUT2D eigenvalue weighted by atomic mass is 10.0. The van der Waals surface area contributed by atoms with Gasteiger partial charge in [-0.1, -0.05) is 12.1 Å². The van der Waals surface area contributed by atoms with E-state index in [-0.39, 0.29) is 11.0 Å². The average Bonchev–Trinajstić information content (AvgIpc) is 2.72. The first-order chi connectivity index (χ1) is 14.8. The Bertz CT molecular complexity index is 1350. The van der Waals surface area contributed by atoms with Gasteiger partial charge < -0.3 is 10.1 Å². The number of nitrogens with zero attached hydrogens (tertiary/aromatic N) is 3. The first-order valence-corrected chi connectivity index (χ1v) is 11.6. The number of pyridine rings is 1. The smallest absolute Gasteiger partial charge is 0.177 e. The van der Waals surface area contributed by atoms with E-state index in [4.69, 9.17) is 4.74 Å². The number of hydrogen-bond acceptors (Lipinski definition) is 7. The molecule has 0 aliphatic rings. The lowest BCUT2D eigenvalue weighted by Gasteiger charge is -2.14. The fourth-order valence-electron chi connectivity index (χ4n) is 3.33. The molecule has 0 aliphatic heterocycles. The Kier molecular flexibility index (Phi) is 5.56. The summed E-state index contributed by atoms with van der Waals surface area (Å²) in [6.07, 6.45) is 7.45. The highest BCUT2D eigenvalue weighted by atomic mass is 32.2. The number of fused-ring (bicyclic) bond motifs is 1. The second kappa shape index (κ2) is 8.31. The number of ether oxygens (including phenoxy) is 1. The van der Waals surface area contributed by atoms with Gasteiger partial charge in [-0.15, -0.1) is 0 Å². The van der Waals surface area contributed by atoms with Crippen molar-refractivity contribution in [1.29, 1.82) is 0 Å². The van der Waals surface area contributed by atoms with E-state index in [0.717, 1.165) is 22.4 Å². The van der Waals surface area contributed by atoms with Gasteiger partial charge in [0.25, 0.3) is 0 Å². The third kappa shape index (κ3) is 4.64. The minimum absolute atomic E-state index is 0.0554. The van der Waals surface area contributed by atoms with Gasteiger partial charge in [0.2, 0.25) is 0 Å². The summed E-state index contributed by atoms with van der Waals surface area (Å²) in [4.78, 5) is 13.2. The molecule has 0 saturated heterocycles. The number of sulfone groups is 1. The Labute approximate surface area is 181 Å². The van der Waals surface area contributed by atoms with Crippen LogP contribution in [0.1, 0.15) is 13.8 Å². The molecule has 4 aromatic rings. The molecule has 2 heterocycles. The quantitative estimate of drug-likeness (QED) is 0.473. The van der Waals surface area contributed by atoms with Gasteiger partial charge in [0.05, 0.1) is 33.9 Å². The summed E-state index contributed by atoms with van der Waals surface area (Å²) >= 11 is 0. The molecule has 2 aromatic carbocycles. The van der Waals surface area contributed by atoms with Crippen LogP contribution in [0, 0.1) is 0 Å². The van der Waals surface area contributed by atoms with Crippen LogP contribution in [0.15, 0.2) is 72.1 Å². The van der Waals surface area contributed by atoms with E-state index in [1.165, 1.54) is 24.7 Å². The van der Waals surface area contributed by atoms with E-state index in [2.05, 4.69) is 20.3 Å². The fraction of sp³-hybridized carbons (Fsp3) is 0.174. The van der Waals surface area contributed by atoms with Crippen LogP contribution in [0.4, 0.5) is 11.4 Å². The number of aromatic nitrogens is 3. The number of hydrogen-bond donors (Lipinski definition) is 1. The highest BCUT2D eigenvalue weighted by molar-refractivity contribution is 7.90. The monoisotopic (exact) mass is 434 g/mol. The Balaban J connectivity index is 1.84. The molecule has 0 unspecified atom stereocenters. The van der Waals surface area contributed by atoms with E-state index in [1.54, 1.807) is 12.4 Å². The molecule has 7 nitrogen and oxygen atoms in total. The van der Waals surface area contributed by atoms with Gasteiger partial charge in [0.1, 0.15) is 5.75 Å². The zero-order chi connectivity index (χ0) is 22.0. The number of rotatable bonds is 6. The summed E-state index contributed by atoms with van der Waals surface area (Å²) < 4.78 is 30.2. The lowest BCUT2D eigenvalue weighted by Crippen LogP contribution is -2.05. The van der Waals surface area contributed by atoms with Crippen LogP contribution in [0.25, 0.3) is 22.2 Å². The molecule has 0 fully saturated rings. The fourth-order valence-corrected chi connectivity index (χ4v) is 4.14. The van der Waals surface area contributed by atoms with Crippen LogP contribution in [-0.2, 0) is 9.84 Å². The molecule has 1 N–H and O–H groups in total. The van der Waals surface area contributed by atoms with E-state index in [9.17, 15) is 8.42 Å². The van der Waals surface area contributed by atoms with Crippen LogP contribution in [0.3, 0.4) is 0 Å². The third-order valence-electron chi connectivity index (χ3n) is 4.55. The van der Waals surface area contributed by atoms with Crippen molar-refractivity contribution in [2.24, 2.45) is 0 Å². The third-order valence-corrected chi connectivity index (χ3v) is 5.71. The normalized spacial score (nSPS) is 11.6. The Morgan fingerprint density at radius 1 is 1.00 bits per heavy atom. The summed E-state index contributed by atoms with van der Waals surface area (Å²) in [6, 6.07) is 13.0. The van der Waals surface area contributed by atoms with Gasteiger partial charge in [-0.25, -0.2) is 8.42 Å². The average molecular weight is 435 g/mol. The van der Waals surface area contributed by atoms with E-state index >= 15 is 0 Å². The van der Waals surface area contributed by atoms with Crippen molar-refractivity contribution in [3.8, 4) is 16.9 Å². The summed E-state index contributed by atoms with van der Waals surface area (Å²) in [6.45, 7) is 3.96. The Morgan fingerprint density at radius 3 is 2.58 bits per heavy atom. The second-order valence-electron chi connectivity index (χ2n) is 7.41. The lowest BCUT2D eigenvalue weighted by molar-refractivity contribution is 0.242. The predicted octanol–water partition coefficient (Wildman–Crippen LogP) is 4.63. The molecule has 0 spiro atoms. The molecule has 0 radical (unpaired) electrons. The van der Waals surface area contributed by atoms with Crippen molar-refractivity contribution >= 4 is 32.2 Å². The van der Waals surface area contributed by atoms with Crippen molar-refractivity contribution < 1.29 is 13.2 Å². The van der Waals surface area contributed by atoms with Gasteiger partial charge in [-0.3, -0.25) is 15.0 Å². The molecule has 4 rings (SSSR count). The molecule has 0 aliphatic carbocycles. The zero-order valence-electron chi connectivity index (χ0n) is 17.4. The standard InChI is InChI=1S/C23H22N4O3S/c1-15(2)30-18-6-4-5-16(11-18)19-12-17(13-20-23(19)26-10-9-25-20)27-21-14-24-8-7-22(21)31(3,28)29/h4-15,27H,1-3H3. The molecule has 0 amide bonds. The van der Waals surface area contributed by atoms with Crippen LogP contribution in [0.2, 0.25) is 0 Å². The first kappa shape index (κ1) is 20.7. The molecular weight excluding hydrogens is 412 g/mol. The highest BCUT2D eigenvalue weighted by Gasteiger charge is 2.15. The van der Waals surface area contributed by atoms with Gasteiger partial charge in [-0.2, -0.15) is 0 Å². The van der Waals surface area contributed by atoms with Crippen LogP contribution >= 0.6 is 0 Å². The van der Waals surface area contributed by atoms with Gasteiger partial charge in [0, 0.05) is 36.1 Å². The largest absolute Gasteiger partial charge is 0.491 e. The summed E-state index contributed by atoms with van der Waals surface area (Å²) in [7, 11) is -3.42. The molecular formula is C23H22N4O3S.